The molecule has 0 spiro atoms. The molecule has 3 rings (SSSR count). The number of hydrogen-bond donors (Lipinski definition) is 2. The minimum Gasteiger partial charge on any atom is -0.379 e. The Bertz CT molecular complexity index is 898. The zero-order chi connectivity index (χ0) is 22.9. The van der Waals surface area contributed by atoms with Crippen molar-refractivity contribution in [1.29, 1.82) is 0 Å². The number of amides is 2. The highest BCUT2D eigenvalue weighted by Gasteiger charge is 2.26. The average Bonchev–Trinajstić information content (AvgIpc) is 2.81. The number of nitrogens with zero attached hydrogens (tertiary/aromatic N) is 1. The Hall–Kier alpha value is -2.41. The minimum absolute atomic E-state index is 0.00101. The summed E-state index contributed by atoms with van der Waals surface area (Å²) >= 11 is 5.91. The second kappa shape index (κ2) is 12.0. The smallest absolute Gasteiger partial charge is 0.251 e. The number of carbonyl (C=O) groups is 2. The molecule has 1 aliphatic heterocycles. The van der Waals surface area contributed by atoms with Gasteiger partial charge in [-0.1, -0.05) is 56.1 Å². The number of halogens is 1. The Kier molecular flexibility index (Phi) is 9.09. The fourth-order valence-corrected chi connectivity index (χ4v) is 3.81. The van der Waals surface area contributed by atoms with Gasteiger partial charge in [0.25, 0.3) is 5.91 Å². The highest BCUT2D eigenvalue weighted by molar-refractivity contribution is 6.30. The van der Waals surface area contributed by atoms with Gasteiger partial charge in [-0.25, -0.2) is 0 Å². The van der Waals surface area contributed by atoms with Crippen molar-refractivity contribution in [3.63, 3.8) is 0 Å². The molecule has 0 saturated carbocycles. The zero-order valence-corrected chi connectivity index (χ0v) is 19.5. The first kappa shape index (κ1) is 24.2. The SMILES string of the molecule is CCC(C)C(NC(=O)c1ccc(Cl)cc1)C(=O)NCc1cccc(CN2CCOCC2)c1. The highest BCUT2D eigenvalue weighted by atomic mass is 35.5. The largest absolute Gasteiger partial charge is 0.379 e. The van der Waals surface area contributed by atoms with Gasteiger partial charge in [-0.15, -0.1) is 0 Å². The molecular formula is C25H32ClN3O3. The first-order chi connectivity index (χ1) is 15.5. The third-order valence-corrected chi connectivity index (χ3v) is 6.11. The Morgan fingerprint density at radius 3 is 2.47 bits per heavy atom. The third kappa shape index (κ3) is 7.05. The van der Waals surface area contributed by atoms with Crippen LogP contribution in [0.1, 0.15) is 41.8 Å². The Morgan fingerprint density at radius 1 is 1.09 bits per heavy atom. The second-order valence-corrected chi connectivity index (χ2v) is 8.71. The predicted molar refractivity (Wildman–Crippen MR) is 127 cm³/mol. The van der Waals surface area contributed by atoms with Crippen molar-refractivity contribution in [2.24, 2.45) is 5.92 Å². The van der Waals surface area contributed by atoms with Gasteiger partial charge in [0.2, 0.25) is 5.91 Å². The van der Waals surface area contributed by atoms with E-state index in [2.05, 4.69) is 27.7 Å². The van der Waals surface area contributed by atoms with E-state index in [4.69, 9.17) is 16.3 Å². The molecule has 172 valence electrons. The monoisotopic (exact) mass is 457 g/mol. The maximum atomic E-state index is 13.0. The molecule has 2 aromatic rings. The summed E-state index contributed by atoms with van der Waals surface area (Å²) in [7, 11) is 0. The van der Waals surface area contributed by atoms with Gasteiger partial charge in [0.1, 0.15) is 6.04 Å². The maximum absolute atomic E-state index is 13.0. The van der Waals surface area contributed by atoms with Crippen molar-refractivity contribution in [2.45, 2.75) is 39.4 Å². The van der Waals surface area contributed by atoms with E-state index in [-0.39, 0.29) is 17.7 Å². The van der Waals surface area contributed by atoms with Gasteiger partial charge < -0.3 is 15.4 Å². The lowest BCUT2D eigenvalue weighted by Crippen LogP contribution is -2.50. The van der Waals surface area contributed by atoms with Crippen LogP contribution in [-0.4, -0.2) is 49.1 Å². The van der Waals surface area contributed by atoms with Crippen LogP contribution in [0.3, 0.4) is 0 Å². The molecule has 1 fully saturated rings. The van der Waals surface area contributed by atoms with Crippen molar-refractivity contribution >= 4 is 23.4 Å². The lowest BCUT2D eigenvalue weighted by Gasteiger charge is -2.26. The molecule has 1 heterocycles. The van der Waals surface area contributed by atoms with Gasteiger partial charge in [-0.3, -0.25) is 14.5 Å². The number of hydrogen-bond acceptors (Lipinski definition) is 4. The summed E-state index contributed by atoms with van der Waals surface area (Å²) in [6.07, 6.45) is 0.772. The van der Waals surface area contributed by atoms with Crippen LogP contribution in [0, 0.1) is 5.92 Å². The topological polar surface area (TPSA) is 70.7 Å². The molecule has 0 bridgehead atoms. The van der Waals surface area contributed by atoms with Gasteiger partial charge in [-0.05, 0) is 41.3 Å². The molecule has 0 aromatic heterocycles. The van der Waals surface area contributed by atoms with E-state index >= 15 is 0 Å². The second-order valence-electron chi connectivity index (χ2n) is 8.27. The Morgan fingerprint density at radius 2 is 1.78 bits per heavy atom. The Labute approximate surface area is 195 Å². The summed E-state index contributed by atoms with van der Waals surface area (Å²) in [4.78, 5) is 28.0. The minimum atomic E-state index is -0.611. The maximum Gasteiger partial charge on any atom is 0.251 e. The molecule has 1 aliphatic rings. The van der Waals surface area contributed by atoms with Crippen molar-refractivity contribution in [3.05, 3.63) is 70.2 Å². The summed E-state index contributed by atoms with van der Waals surface area (Å²) in [5.74, 6) is -0.464. The molecule has 2 amide bonds. The summed E-state index contributed by atoms with van der Waals surface area (Å²) < 4.78 is 5.41. The lowest BCUT2D eigenvalue weighted by molar-refractivity contribution is -0.124. The molecule has 2 aromatic carbocycles. The van der Waals surface area contributed by atoms with Crippen LogP contribution in [0.15, 0.2) is 48.5 Å². The van der Waals surface area contributed by atoms with Crippen LogP contribution < -0.4 is 10.6 Å². The lowest BCUT2D eigenvalue weighted by atomic mass is 9.97. The number of nitrogens with one attached hydrogen (secondary N) is 2. The molecule has 7 heteroatoms. The molecule has 32 heavy (non-hydrogen) atoms. The number of morpholine rings is 1. The summed E-state index contributed by atoms with van der Waals surface area (Å²) in [5, 5.41) is 6.46. The molecule has 6 nitrogen and oxygen atoms in total. The van der Waals surface area contributed by atoms with E-state index < -0.39 is 6.04 Å². The van der Waals surface area contributed by atoms with Gasteiger partial charge in [0, 0.05) is 36.8 Å². The van der Waals surface area contributed by atoms with Gasteiger partial charge >= 0.3 is 0 Å². The van der Waals surface area contributed by atoms with E-state index in [1.54, 1.807) is 24.3 Å². The number of ether oxygens (including phenoxy) is 1. The van der Waals surface area contributed by atoms with E-state index in [0.717, 1.165) is 44.8 Å². The van der Waals surface area contributed by atoms with Gasteiger partial charge in [-0.2, -0.15) is 0 Å². The highest BCUT2D eigenvalue weighted by Crippen LogP contribution is 2.14. The van der Waals surface area contributed by atoms with E-state index in [1.165, 1.54) is 5.56 Å². The number of benzene rings is 2. The summed E-state index contributed by atoms with van der Waals surface area (Å²) in [6.45, 7) is 8.68. The standard InChI is InChI=1S/C25H32ClN3O3/c1-3-18(2)23(28-24(30)21-7-9-22(26)10-8-21)25(31)27-16-19-5-4-6-20(15-19)17-29-11-13-32-14-12-29/h4-10,15,18,23H,3,11-14,16-17H2,1-2H3,(H,27,31)(H,28,30). The quantitative estimate of drug-likeness (QED) is 0.603. The van der Waals surface area contributed by atoms with Crippen molar-refractivity contribution < 1.29 is 14.3 Å². The third-order valence-electron chi connectivity index (χ3n) is 5.86. The molecule has 0 radical (unpaired) electrons. The van der Waals surface area contributed by atoms with Crippen LogP contribution in [0.25, 0.3) is 0 Å². The molecule has 1 saturated heterocycles. The van der Waals surface area contributed by atoms with Crippen molar-refractivity contribution in [2.75, 3.05) is 26.3 Å². The predicted octanol–water partition coefficient (Wildman–Crippen LogP) is 3.63. The summed E-state index contributed by atoms with van der Waals surface area (Å²) in [5.41, 5.74) is 2.73. The molecule has 0 aliphatic carbocycles. The Balaban J connectivity index is 1.59. The van der Waals surface area contributed by atoms with Crippen LogP contribution in [0.2, 0.25) is 5.02 Å². The van der Waals surface area contributed by atoms with E-state index in [9.17, 15) is 9.59 Å². The molecule has 2 N–H and O–H groups in total. The van der Waals surface area contributed by atoms with Crippen LogP contribution in [0.4, 0.5) is 0 Å². The summed E-state index contributed by atoms with van der Waals surface area (Å²) in [6, 6.07) is 14.3. The van der Waals surface area contributed by atoms with E-state index in [1.807, 2.05) is 26.0 Å². The van der Waals surface area contributed by atoms with Crippen molar-refractivity contribution in [1.82, 2.24) is 15.5 Å². The van der Waals surface area contributed by atoms with Gasteiger partial charge in [0.15, 0.2) is 0 Å². The van der Waals surface area contributed by atoms with Crippen LogP contribution in [0.5, 0.6) is 0 Å². The fourth-order valence-electron chi connectivity index (χ4n) is 3.68. The molecule has 2 unspecified atom stereocenters. The number of carbonyl (C=O) groups excluding carboxylic acids is 2. The normalized spacial score (nSPS) is 16.2. The zero-order valence-electron chi connectivity index (χ0n) is 18.8. The van der Waals surface area contributed by atoms with E-state index in [0.29, 0.717) is 17.1 Å². The molecule has 2 atom stereocenters. The van der Waals surface area contributed by atoms with Gasteiger partial charge in [0.05, 0.1) is 13.2 Å². The van der Waals surface area contributed by atoms with Crippen molar-refractivity contribution in [3.8, 4) is 0 Å². The molecular weight excluding hydrogens is 426 g/mol. The fraction of sp³-hybridized carbons (Fsp3) is 0.440. The first-order valence-corrected chi connectivity index (χ1v) is 11.6. The first-order valence-electron chi connectivity index (χ1n) is 11.2. The van der Waals surface area contributed by atoms with Crippen LogP contribution >= 0.6 is 11.6 Å². The average molecular weight is 458 g/mol. The number of rotatable bonds is 9. The van der Waals surface area contributed by atoms with Crippen LogP contribution in [-0.2, 0) is 22.6 Å².